The summed E-state index contributed by atoms with van der Waals surface area (Å²) in [5.74, 6) is -0.597. The van der Waals surface area contributed by atoms with E-state index in [1.54, 1.807) is 25.3 Å². The molecule has 0 saturated heterocycles. The maximum Gasteiger partial charge on any atom is 0.351 e. The van der Waals surface area contributed by atoms with E-state index < -0.39 is 5.97 Å². The summed E-state index contributed by atoms with van der Waals surface area (Å²) in [7, 11) is 4.80. The van der Waals surface area contributed by atoms with E-state index >= 15 is 0 Å². The lowest BCUT2D eigenvalue weighted by Gasteiger charge is -2.15. The Kier molecular flexibility index (Phi) is 5.00. The Balaban J connectivity index is 5.09. The first kappa shape index (κ1) is 11.8. The van der Waals surface area contributed by atoms with Crippen LogP contribution < -0.4 is 0 Å². The predicted molar refractivity (Wildman–Crippen MR) is 51.9 cm³/mol. The molecule has 4 nitrogen and oxygen atoms in total. The highest BCUT2D eigenvalue weighted by atomic mass is 32.2. The molecule has 72 valence electrons. The Hall–Kier alpha value is -1.15. The molecule has 5 heteroatoms. The van der Waals surface area contributed by atoms with Crippen LogP contribution in [0.25, 0.3) is 0 Å². The average Bonchev–Trinajstić information content (AvgIpc) is 2.12. The minimum absolute atomic E-state index is 0.0417. The van der Waals surface area contributed by atoms with Gasteiger partial charge in [0.2, 0.25) is 0 Å². The van der Waals surface area contributed by atoms with Gasteiger partial charge in [-0.1, -0.05) is 0 Å². The first-order valence-electron chi connectivity index (χ1n) is 3.52. The van der Waals surface area contributed by atoms with Gasteiger partial charge in [0, 0.05) is 14.1 Å². The van der Waals surface area contributed by atoms with Crippen LogP contribution in [-0.2, 0) is 9.53 Å². The Labute approximate surface area is 82.2 Å². The minimum atomic E-state index is -0.597. The van der Waals surface area contributed by atoms with Crippen molar-refractivity contribution in [2.45, 2.75) is 0 Å². The molecule has 0 radical (unpaired) electrons. The molecule has 0 aliphatic carbocycles. The van der Waals surface area contributed by atoms with Crippen molar-refractivity contribution in [2.75, 3.05) is 27.5 Å². The Bertz CT molecular complexity index is 266. The monoisotopic (exact) mass is 200 g/mol. The van der Waals surface area contributed by atoms with Crippen molar-refractivity contribution >= 4 is 17.7 Å². The molecule has 0 unspecified atom stereocenters. The predicted octanol–water partition coefficient (Wildman–Crippen LogP) is 0.819. The van der Waals surface area contributed by atoms with Gasteiger partial charge in [-0.3, -0.25) is 0 Å². The smallest absolute Gasteiger partial charge is 0.351 e. The molecule has 0 heterocycles. The van der Waals surface area contributed by atoms with E-state index in [2.05, 4.69) is 4.74 Å². The van der Waals surface area contributed by atoms with E-state index in [1.165, 1.54) is 18.9 Å². The van der Waals surface area contributed by atoms with Crippen molar-refractivity contribution in [1.82, 2.24) is 4.90 Å². The summed E-state index contributed by atoms with van der Waals surface area (Å²) >= 11 is 1.34. The second-order valence-electron chi connectivity index (χ2n) is 2.38. The largest absolute Gasteiger partial charge is 0.465 e. The topological polar surface area (TPSA) is 53.3 Å². The number of rotatable bonds is 3. The van der Waals surface area contributed by atoms with Crippen molar-refractivity contribution in [3.63, 3.8) is 0 Å². The molecule has 0 aliphatic heterocycles. The van der Waals surface area contributed by atoms with Gasteiger partial charge in [-0.15, -0.1) is 11.8 Å². The van der Waals surface area contributed by atoms with Gasteiger partial charge in [0.05, 0.1) is 12.1 Å². The standard InChI is InChI=1S/C8H12N2O2S/c1-10(2)7(13-4)6(5-9)8(11)12-3/h1-4H3/b7-6-. The molecule has 0 saturated carbocycles. The molecular formula is C8H12N2O2S. The summed E-state index contributed by atoms with van der Waals surface area (Å²) in [6, 6.07) is 1.83. The van der Waals surface area contributed by atoms with Gasteiger partial charge in [0.1, 0.15) is 6.07 Å². The minimum Gasteiger partial charge on any atom is -0.465 e. The number of nitriles is 1. The molecule has 0 fully saturated rings. The lowest BCUT2D eigenvalue weighted by atomic mass is 10.3. The van der Waals surface area contributed by atoms with Crippen LogP contribution in [0.15, 0.2) is 10.6 Å². The number of nitrogens with zero attached hydrogens (tertiary/aromatic N) is 2. The molecule has 0 aromatic heterocycles. The third kappa shape index (κ3) is 2.99. The van der Waals surface area contributed by atoms with Crippen molar-refractivity contribution in [2.24, 2.45) is 0 Å². The van der Waals surface area contributed by atoms with E-state index in [0.717, 1.165) is 0 Å². The van der Waals surface area contributed by atoms with Crippen LogP contribution in [0.2, 0.25) is 0 Å². The number of carbonyl (C=O) groups excluding carboxylic acids is 1. The summed E-state index contributed by atoms with van der Waals surface area (Å²) in [6.07, 6.45) is 1.80. The second-order valence-corrected chi connectivity index (χ2v) is 3.18. The fourth-order valence-electron chi connectivity index (χ4n) is 0.791. The third-order valence-electron chi connectivity index (χ3n) is 1.31. The number of carbonyl (C=O) groups is 1. The Morgan fingerprint density at radius 3 is 2.31 bits per heavy atom. The van der Waals surface area contributed by atoms with Crippen LogP contribution in [0.1, 0.15) is 0 Å². The molecule has 0 rings (SSSR count). The number of esters is 1. The normalized spacial score (nSPS) is 11.3. The van der Waals surface area contributed by atoms with Crippen LogP contribution in [0, 0.1) is 11.3 Å². The van der Waals surface area contributed by atoms with E-state index in [9.17, 15) is 4.79 Å². The molecule has 0 aromatic rings. The number of methoxy groups -OCH3 is 1. The highest BCUT2D eigenvalue weighted by Gasteiger charge is 2.16. The fourth-order valence-corrected chi connectivity index (χ4v) is 1.49. The van der Waals surface area contributed by atoms with Crippen LogP contribution in [0.3, 0.4) is 0 Å². The maximum absolute atomic E-state index is 11.1. The second kappa shape index (κ2) is 5.49. The molecule has 0 spiro atoms. The van der Waals surface area contributed by atoms with Crippen molar-refractivity contribution in [3.8, 4) is 6.07 Å². The van der Waals surface area contributed by atoms with Crippen LogP contribution in [0.4, 0.5) is 0 Å². The summed E-state index contributed by atoms with van der Waals surface area (Å²) in [6.45, 7) is 0. The van der Waals surface area contributed by atoms with E-state index in [0.29, 0.717) is 5.03 Å². The zero-order valence-corrected chi connectivity index (χ0v) is 8.94. The number of hydrogen-bond donors (Lipinski definition) is 0. The van der Waals surface area contributed by atoms with Gasteiger partial charge < -0.3 is 9.64 Å². The van der Waals surface area contributed by atoms with Gasteiger partial charge in [-0.2, -0.15) is 5.26 Å². The van der Waals surface area contributed by atoms with Crippen LogP contribution >= 0.6 is 11.8 Å². The SMILES string of the molecule is COC(=O)/C(C#N)=C(\SC)N(C)C. The van der Waals surface area contributed by atoms with Crippen molar-refractivity contribution < 1.29 is 9.53 Å². The van der Waals surface area contributed by atoms with Crippen molar-refractivity contribution in [3.05, 3.63) is 10.6 Å². The molecule has 0 atom stereocenters. The number of hydrogen-bond acceptors (Lipinski definition) is 5. The maximum atomic E-state index is 11.1. The van der Waals surface area contributed by atoms with Crippen molar-refractivity contribution in [1.29, 1.82) is 5.26 Å². The summed E-state index contributed by atoms with van der Waals surface area (Å²) in [4.78, 5) is 12.8. The first-order chi connectivity index (χ1) is 6.08. The van der Waals surface area contributed by atoms with Crippen LogP contribution in [-0.4, -0.2) is 38.3 Å². The Morgan fingerprint density at radius 2 is 2.08 bits per heavy atom. The molecule has 0 bridgehead atoms. The van der Waals surface area contributed by atoms with Gasteiger partial charge in [0.15, 0.2) is 5.57 Å². The molecular weight excluding hydrogens is 188 g/mol. The molecule has 0 aromatic carbocycles. The summed E-state index contributed by atoms with van der Waals surface area (Å²) in [5.41, 5.74) is 0.0417. The Morgan fingerprint density at radius 1 is 1.54 bits per heavy atom. The van der Waals surface area contributed by atoms with Gasteiger partial charge in [-0.25, -0.2) is 4.79 Å². The quantitative estimate of drug-likeness (QED) is 0.383. The summed E-state index contributed by atoms with van der Waals surface area (Å²) in [5, 5.41) is 9.34. The lowest BCUT2D eigenvalue weighted by Crippen LogP contribution is -2.15. The highest BCUT2D eigenvalue weighted by molar-refractivity contribution is 8.02. The van der Waals surface area contributed by atoms with E-state index in [4.69, 9.17) is 5.26 Å². The first-order valence-corrected chi connectivity index (χ1v) is 4.75. The molecule has 0 N–H and O–H groups in total. The number of thioether (sulfide) groups is 1. The molecule has 0 amide bonds. The molecule has 13 heavy (non-hydrogen) atoms. The van der Waals surface area contributed by atoms with E-state index in [-0.39, 0.29) is 5.57 Å². The molecule has 0 aliphatic rings. The number of ether oxygens (including phenoxy) is 1. The zero-order valence-electron chi connectivity index (χ0n) is 8.12. The van der Waals surface area contributed by atoms with Crippen LogP contribution in [0.5, 0.6) is 0 Å². The van der Waals surface area contributed by atoms with Gasteiger partial charge in [-0.05, 0) is 6.26 Å². The highest BCUT2D eigenvalue weighted by Crippen LogP contribution is 2.19. The average molecular weight is 200 g/mol. The lowest BCUT2D eigenvalue weighted by molar-refractivity contribution is -0.135. The van der Waals surface area contributed by atoms with Gasteiger partial charge >= 0.3 is 5.97 Å². The third-order valence-corrected chi connectivity index (χ3v) is 2.27. The zero-order chi connectivity index (χ0) is 10.4. The van der Waals surface area contributed by atoms with E-state index in [1.807, 2.05) is 6.07 Å². The van der Waals surface area contributed by atoms with Gasteiger partial charge in [0.25, 0.3) is 0 Å². The fraction of sp³-hybridized carbons (Fsp3) is 0.500. The summed E-state index contributed by atoms with van der Waals surface area (Å²) < 4.78 is 4.48.